The molecule has 0 amide bonds. The van der Waals surface area contributed by atoms with Crippen LogP contribution in [0.25, 0.3) is 11.4 Å². The molecule has 0 bridgehead atoms. The van der Waals surface area contributed by atoms with Crippen LogP contribution in [-0.4, -0.2) is 16.4 Å². The number of nitrogens with zero attached hydrogens (tertiary/aromatic N) is 3. The number of benzene rings is 2. The Kier molecular flexibility index (Phi) is 3.73. The lowest BCUT2D eigenvalue weighted by atomic mass is 10.1. The smallest absolute Gasteiger partial charge is 0.223 e. The fraction of sp³-hybridized carbons (Fsp3) is 0.0625. The fourth-order valence-corrected chi connectivity index (χ4v) is 1.83. The maximum absolute atomic E-state index is 4.97. The maximum atomic E-state index is 4.97. The Labute approximate surface area is 122 Å². The zero-order chi connectivity index (χ0) is 14.5. The highest BCUT2D eigenvalue weighted by atomic mass is 16.5. The first-order chi connectivity index (χ1) is 10.3. The van der Waals surface area contributed by atoms with Crippen LogP contribution in [0.4, 0.5) is 5.69 Å². The van der Waals surface area contributed by atoms with Crippen LogP contribution in [0.3, 0.4) is 0 Å². The normalized spacial score (nSPS) is 10.9. The van der Waals surface area contributed by atoms with Gasteiger partial charge in [0.25, 0.3) is 0 Å². The van der Waals surface area contributed by atoms with Crippen molar-refractivity contribution in [2.45, 2.75) is 6.92 Å². The Balaban J connectivity index is 1.67. The van der Waals surface area contributed by atoms with Crippen molar-refractivity contribution in [1.29, 1.82) is 0 Å². The quantitative estimate of drug-likeness (QED) is 0.586. The summed E-state index contributed by atoms with van der Waals surface area (Å²) in [6.45, 7) is 1.77. The lowest BCUT2D eigenvalue weighted by Gasteiger charge is -1.99. The van der Waals surface area contributed by atoms with Gasteiger partial charge in [0.2, 0.25) is 11.7 Å². The van der Waals surface area contributed by atoms with Crippen molar-refractivity contribution in [1.82, 2.24) is 10.1 Å². The average molecular weight is 278 g/mol. The zero-order valence-corrected chi connectivity index (χ0v) is 11.5. The second-order valence-corrected chi connectivity index (χ2v) is 4.50. The van der Waals surface area contributed by atoms with Crippen molar-refractivity contribution in [3.05, 3.63) is 66.1 Å². The van der Waals surface area contributed by atoms with Gasteiger partial charge in [0.1, 0.15) is 0 Å². The minimum absolute atomic E-state index is 0.558. The molecule has 3 rings (SSSR count). The molecule has 0 saturated heterocycles. The molecule has 0 unspecified atom stereocenters. The van der Waals surface area contributed by atoms with E-state index in [0.717, 1.165) is 16.8 Å². The fourth-order valence-electron chi connectivity index (χ4n) is 1.83. The van der Waals surface area contributed by atoms with E-state index in [9.17, 15) is 0 Å². The number of hydrogen-bond acceptors (Lipinski definition) is 5. The molecule has 21 heavy (non-hydrogen) atoms. The minimum atomic E-state index is 0.558. The minimum Gasteiger partial charge on any atom is -0.339 e. The van der Waals surface area contributed by atoms with Crippen LogP contribution in [0.15, 0.2) is 64.2 Å². The first-order valence-electron chi connectivity index (χ1n) is 6.56. The highest BCUT2D eigenvalue weighted by Crippen LogP contribution is 2.15. The number of para-hydroxylation sites is 1. The third kappa shape index (κ3) is 3.33. The van der Waals surface area contributed by atoms with Crippen LogP contribution in [-0.2, 0) is 0 Å². The van der Waals surface area contributed by atoms with Crippen LogP contribution >= 0.6 is 0 Å². The Hall–Kier alpha value is -2.95. The van der Waals surface area contributed by atoms with E-state index in [1.165, 1.54) is 0 Å². The number of hydrogen-bond donors (Lipinski definition) is 1. The van der Waals surface area contributed by atoms with Gasteiger partial charge in [0, 0.05) is 12.5 Å². The summed E-state index contributed by atoms with van der Waals surface area (Å²) >= 11 is 0. The van der Waals surface area contributed by atoms with E-state index in [0.29, 0.717) is 11.7 Å². The lowest BCUT2D eigenvalue weighted by molar-refractivity contribution is 0.394. The summed E-state index contributed by atoms with van der Waals surface area (Å²) in [4.78, 5) is 4.19. The number of rotatable bonds is 4. The zero-order valence-electron chi connectivity index (χ0n) is 11.5. The molecule has 5 nitrogen and oxygen atoms in total. The van der Waals surface area contributed by atoms with Gasteiger partial charge in [-0.15, -0.1) is 0 Å². The van der Waals surface area contributed by atoms with E-state index in [1.807, 2.05) is 54.6 Å². The van der Waals surface area contributed by atoms with Gasteiger partial charge >= 0.3 is 0 Å². The Morgan fingerprint density at radius 2 is 1.81 bits per heavy atom. The van der Waals surface area contributed by atoms with Gasteiger partial charge in [0.05, 0.1) is 11.9 Å². The van der Waals surface area contributed by atoms with Gasteiger partial charge in [-0.3, -0.25) is 5.43 Å². The molecule has 104 valence electrons. The monoisotopic (exact) mass is 278 g/mol. The molecule has 0 radical (unpaired) electrons. The number of hydrazone groups is 1. The number of aryl methyl sites for hydroxylation is 1. The van der Waals surface area contributed by atoms with Gasteiger partial charge in [0.15, 0.2) is 0 Å². The van der Waals surface area contributed by atoms with E-state index in [4.69, 9.17) is 4.52 Å². The second kappa shape index (κ2) is 6.00. The van der Waals surface area contributed by atoms with Crippen LogP contribution in [0, 0.1) is 6.92 Å². The van der Waals surface area contributed by atoms with E-state index >= 15 is 0 Å². The average Bonchev–Trinajstić information content (AvgIpc) is 2.96. The highest BCUT2D eigenvalue weighted by Gasteiger charge is 2.04. The summed E-state index contributed by atoms with van der Waals surface area (Å²) in [6.07, 6.45) is 1.76. The molecule has 0 saturated carbocycles. The van der Waals surface area contributed by atoms with Crippen molar-refractivity contribution < 1.29 is 4.52 Å². The third-order valence-electron chi connectivity index (χ3n) is 2.88. The van der Waals surface area contributed by atoms with Crippen molar-refractivity contribution in [3.8, 4) is 11.4 Å². The van der Waals surface area contributed by atoms with Crippen molar-refractivity contribution in [3.63, 3.8) is 0 Å². The van der Waals surface area contributed by atoms with Gasteiger partial charge in [-0.1, -0.05) is 47.6 Å². The van der Waals surface area contributed by atoms with Crippen LogP contribution in [0.5, 0.6) is 0 Å². The lowest BCUT2D eigenvalue weighted by Crippen LogP contribution is -1.90. The standard InChI is InChI=1S/C16H14N4O/c1-12-18-16(20-21-12)14-9-7-13(8-10-14)11-17-19-15-5-3-2-4-6-15/h2-11,19H,1H3. The summed E-state index contributed by atoms with van der Waals surface area (Å²) in [7, 11) is 0. The Morgan fingerprint density at radius 1 is 1.05 bits per heavy atom. The number of anilines is 1. The molecule has 0 fully saturated rings. The number of nitrogens with one attached hydrogen (secondary N) is 1. The first-order valence-corrected chi connectivity index (χ1v) is 6.56. The number of aromatic nitrogens is 2. The largest absolute Gasteiger partial charge is 0.339 e. The van der Waals surface area contributed by atoms with Crippen LogP contribution in [0.1, 0.15) is 11.5 Å². The van der Waals surface area contributed by atoms with Crippen molar-refractivity contribution >= 4 is 11.9 Å². The molecule has 0 aliphatic heterocycles. The van der Waals surface area contributed by atoms with E-state index < -0.39 is 0 Å². The second-order valence-electron chi connectivity index (χ2n) is 4.50. The summed E-state index contributed by atoms with van der Waals surface area (Å²) < 4.78 is 4.97. The molecule has 1 aromatic heterocycles. The molecule has 5 heteroatoms. The summed E-state index contributed by atoms with van der Waals surface area (Å²) in [5.41, 5.74) is 5.83. The SMILES string of the molecule is Cc1nc(-c2ccc(C=NNc3ccccc3)cc2)no1. The summed E-state index contributed by atoms with van der Waals surface area (Å²) in [5, 5.41) is 8.08. The first kappa shape index (κ1) is 13.1. The molecule has 2 aromatic carbocycles. The summed E-state index contributed by atoms with van der Waals surface area (Å²) in [6, 6.07) is 17.6. The third-order valence-corrected chi connectivity index (χ3v) is 2.88. The van der Waals surface area contributed by atoms with Gasteiger partial charge in [-0.25, -0.2) is 0 Å². The van der Waals surface area contributed by atoms with E-state index in [2.05, 4.69) is 20.7 Å². The Bertz CT molecular complexity index is 732. The predicted octanol–water partition coefficient (Wildman–Crippen LogP) is 3.49. The molecular weight excluding hydrogens is 264 g/mol. The van der Waals surface area contributed by atoms with Gasteiger partial charge in [-0.05, 0) is 17.7 Å². The highest BCUT2D eigenvalue weighted by molar-refractivity contribution is 5.81. The van der Waals surface area contributed by atoms with Crippen molar-refractivity contribution in [2.75, 3.05) is 5.43 Å². The molecule has 1 heterocycles. The van der Waals surface area contributed by atoms with E-state index in [1.54, 1.807) is 13.1 Å². The predicted molar refractivity (Wildman–Crippen MR) is 82.1 cm³/mol. The molecule has 0 aliphatic carbocycles. The topological polar surface area (TPSA) is 63.3 Å². The van der Waals surface area contributed by atoms with Gasteiger partial charge < -0.3 is 4.52 Å². The molecule has 0 aliphatic rings. The summed E-state index contributed by atoms with van der Waals surface area (Å²) in [5.74, 6) is 1.15. The van der Waals surface area contributed by atoms with E-state index in [-0.39, 0.29) is 0 Å². The van der Waals surface area contributed by atoms with Gasteiger partial charge in [-0.2, -0.15) is 10.1 Å². The van der Waals surface area contributed by atoms with Crippen LogP contribution < -0.4 is 5.43 Å². The molecular formula is C16H14N4O. The Morgan fingerprint density at radius 3 is 2.48 bits per heavy atom. The molecule has 0 atom stereocenters. The maximum Gasteiger partial charge on any atom is 0.223 e. The molecule has 1 N–H and O–H groups in total. The van der Waals surface area contributed by atoms with Crippen LogP contribution in [0.2, 0.25) is 0 Å². The van der Waals surface area contributed by atoms with Crippen molar-refractivity contribution in [2.24, 2.45) is 5.10 Å². The molecule has 3 aromatic rings. The molecule has 0 spiro atoms.